The van der Waals surface area contributed by atoms with Gasteiger partial charge < -0.3 is 10.2 Å². The monoisotopic (exact) mass is 282 g/mol. The molecule has 0 bridgehead atoms. The van der Waals surface area contributed by atoms with E-state index in [1.165, 1.54) is 18.7 Å². The number of pyridine rings is 1. The van der Waals surface area contributed by atoms with E-state index in [1.807, 2.05) is 0 Å². The zero-order valence-corrected chi connectivity index (χ0v) is 11.1. The molecule has 1 aromatic heterocycles. The molecule has 0 radical (unpaired) electrons. The second-order valence-corrected chi connectivity index (χ2v) is 5.51. The van der Waals surface area contributed by atoms with E-state index in [4.69, 9.17) is 11.6 Å². The highest BCUT2D eigenvalue weighted by molar-refractivity contribution is 6.33. The first-order chi connectivity index (χ1) is 9.15. The largest absolute Gasteiger partial charge is 0.355 e. The molecule has 0 aliphatic carbocycles. The van der Waals surface area contributed by atoms with Crippen LogP contribution >= 0.6 is 11.6 Å². The Morgan fingerprint density at radius 3 is 3.11 bits per heavy atom. The summed E-state index contributed by atoms with van der Waals surface area (Å²) in [7, 11) is 0. The topological polar surface area (TPSA) is 71.3 Å². The number of piperidine rings is 1. The van der Waals surface area contributed by atoms with Gasteiger partial charge in [-0.25, -0.2) is 4.98 Å². The second kappa shape index (κ2) is 4.94. The second-order valence-electron chi connectivity index (χ2n) is 5.10. The molecule has 0 amide bonds. The molecule has 3 rings (SSSR count). The molecule has 1 aromatic rings. The van der Waals surface area contributed by atoms with Gasteiger partial charge in [0.05, 0.1) is 9.95 Å². The number of halogens is 1. The van der Waals surface area contributed by atoms with Crippen molar-refractivity contribution in [1.29, 1.82) is 0 Å². The lowest BCUT2D eigenvalue weighted by Gasteiger charge is -2.35. The van der Waals surface area contributed by atoms with Gasteiger partial charge in [-0.05, 0) is 25.3 Å². The molecule has 2 aliphatic rings. The summed E-state index contributed by atoms with van der Waals surface area (Å²) in [6.07, 6.45) is 3.52. The van der Waals surface area contributed by atoms with Crippen LogP contribution in [0.2, 0.25) is 5.02 Å². The van der Waals surface area contributed by atoms with Crippen LogP contribution in [0.4, 0.5) is 11.5 Å². The third-order valence-corrected chi connectivity index (χ3v) is 4.25. The van der Waals surface area contributed by atoms with Crippen molar-refractivity contribution in [1.82, 2.24) is 10.3 Å². The Morgan fingerprint density at radius 1 is 1.53 bits per heavy atom. The minimum Gasteiger partial charge on any atom is -0.355 e. The smallest absolute Gasteiger partial charge is 0.289 e. The fraction of sp³-hybridized carbons (Fsp3) is 0.583. The third kappa shape index (κ3) is 2.37. The molecule has 0 aromatic carbocycles. The lowest BCUT2D eigenvalue weighted by atomic mass is 9.93. The van der Waals surface area contributed by atoms with Crippen LogP contribution in [0, 0.1) is 16.0 Å². The lowest BCUT2D eigenvalue weighted by molar-refractivity contribution is -0.385. The first kappa shape index (κ1) is 12.6. The van der Waals surface area contributed by atoms with Crippen LogP contribution in [0.5, 0.6) is 0 Å². The molecule has 2 aliphatic heterocycles. The fourth-order valence-corrected chi connectivity index (χ4v) is 3.27. The summed E-state index contributed by atoms with van der Waals surface area (Å²) in [6.45, 7) is 2.88. The highest BCUT2D eigenvalue weighted by atomic mass is 35.5. The van der Waals surface area contributed by atoms with Crippen LogP contribution in [-0.2, 0) is 0 Å². The summed E-state index contributed by atoms with van der Waals surface area (Å²) in [6, 6.07) is 1.98. The molecule has 1 N–H and O–H groups in total. The number of fused-ring (bicyclic) bond motifs is 1. The van der Waals surface area contributed by atoms with E-state index < -0.39 is 4.92 Å². The minimum absolute atomic E-state index is 0.0637. The maximum atomic E-state index is 10.7. The summed E-state index contributed by atoms with van der Waals surface area (Å²) >= 11 is 6.13. The Labute approximate surface area is 115 Å². The number of nitrogens with zero attached hydrogens (tertiary/aromatic N) is 3. The van der Waals surface area contributed by atoms with Gasteiger partial charge in [0, 0.05) is 25.2 Å². The number of nitrogens with one attached hydrogen (secondary N) is 1. The van der Waals surface area contributed by atoms with Gasteiger partial charge in [-0.15, -0.1) is 0 Å². The average Bonchev–Trinajstić information content (AvgIpc) is 2.85. The molecule has 2 unspecified atom stereocenters. The van der Waals surface area contributed by atoms with Crippen LogP contribution in [0.3, 0.4) is 0 Å². The normalized spacial score (nSPS) is 26.3. The predicted molar refractivity (Wildman–Crippen MR) is 72.6 cm³/mol. The molecule has 3 heterocycles. The van der Waals surface area contributed by atoms with E-state index in [0.717, 1.165) is 26.1 Å². The number of anilines is 1. The van der Waals surface area contributed by atoms with Gasteiger partial charge in [0.25, 0.3) is 5.69 Å². The highest BCUT2D eigenvalue weighted by Crippen LogP contribution is 2.32. The van der Waals surface area contributed by atoms with E-state index in [2.05, 4.69) is 15.2 Å². The van der Waals surface area contributed by atoms with Crippen LogP contribution in [0.15, 0.2) is 12.3 Å². The fourth-order valence-electron chi connectivity index (χ4n) is 2.99. The first-order valence-electron chi connectivity index (χ1n) is 6.43. The minimum atomic E-state index is -0.476. The molecular weight excluding hydrogens is 268 g/mol. The number of nitro groups is 1. The molecule has 0 spiro atoms. The summed E-state index contributed by atoms with van der Waals surface area (Å²) in [4.78, 5) is 16.5. The molecule has 2 atom stereocenters. The summed E-state index contributed by atoms with van der Waals surface area (Å²) in [5.74, 6) is 1.29. The zero-order valence-electron chi connectivity index (χ0n) is 10.4. The van der Waals surface area contributed by atoms with Crippen LogP contribution in [-0.4, -0.2) is 35.6 Å². The van der Waals surface area contributed by atoms with Crippen molar-refractivity contribution in [3.8, 4) is 0 Å². The molecule has 2 saturated heterocycles. The van der Waals surface area contributed by atoms with Crippen molar-refractivity contribution in [3.63, 3.8) is 0 Å². The maximum Gasteiger partial charge on any atom is 0.289 e. The van der Waals surface area contributed by atoms with E-state index in [0.29, 0.717) is 22.8 Å². The van der Waals surface area contributed by atoms with Gasteiger partial charge in [0.2, 0.25) is 0 Å². The lowest BCUT2D eigenvalue weighted by Crippen LogP contribution is -2.44. The average molecular weight is 283 g/mol. The number of aromatic nitrogens is 1. The number of hydrogen-bond donors (Lipinski definition) is 1. The Morgan fingerprint density at radius 2 is 2.37 bits per heavy atom. The summed E-state index contributed by atoms with van der Waals surface area (Å²) < 4.78 is 0. The molecule has 19 heavy (non-hydrogen) atoms. The van der Waals surface area contributed by atoms with E-state index in [9.17, 15) is 10.1 Å². The predicted octanol–water partition coefficient (Wildman–Crippen LogP) is 1.83. The van der Waals surface area contributed by atoms with E-state index >= 15 is 0 Å². The van der Waals surface area contributed by atoms with Gasteiger partial charge in [-0.3, -0.25) is 10.1 Å². The van der Waals surface area contributed by atoms with Gasteiger partial charge in [0.1, 0.15) is 12.0 Å². The Hall–Kier alpha value is -1.40. The van der Waals surface area contributed by atoms with Crippen molar-refractivity contribution in [3.05, 3.63) is 27.4 Å². The molecule has 0 saturated carbocycles. The van der Waals surface area contributed by atoms with Crippen molar-refractivity contribution < 1.29 is 4.92 Å². The van der Waals surface area contributed by atoms with Crippen LogP contribution in [0.1, 0.15) is 12.8 Å². The van der Waals surface area contributed by atoms with Gasteiger partial charge in [-0.1, -0.05) is 11.6 Å². The van der Waals surface area contributed by atoms with Gasteiger partial charge >= 0.3 is 0 Å². The first-order valence-corrected chi connectivity index (χ1v) is 6.81. The van der Waals surface area contributed by atoms with E-state index in [1.54, 1.807) is 0 Å². The Bertz CT molecular complexity index is 511. The zero-order chi connectivity index (χ0) is 13.4. The van der Waals surface area contributed by atoms with Crippen molar-refractivity contribution in [2.45, 2.75) is 18.9 Å². The molecule has 2 fully saturated rings. The highest BCUT2D eigenvalue weighted by Gasteiger charge is 2.33. The van der Waals surface area contributed by atoms with Crippen molar-refractivity contribution in [2.75, 3.05) is 24.5 Å². The van der Waals surface area contributed by atoms with Crippen LogP contribution in [0.25, 0.3) is 0 Å². The summed E-state index contributed by atoms with van der Waals surface area (Å²) in [5.41, 5.74) is -0.0637. The molecule has 102 valence electrons. The molecular formula is C12H15ClN4O2. The number of rotatable bonds is 2. The standard InChI is InChI=1S/C12H15ClN4O2/c13-10-5-9(17(18)19)6-15-12(10)16-4-2-11-8(7-16)1-3-14-11/h5-6,8,11,14H,1-4,7H2. The Kier molecular flexibility index (Phi) is 3.28. The van der Waals surface area contributed by atoms with E-state index in [-0.39, 0.29) is 5.69 Å². The van der Waals surface area contributed by atoms with Crippen LogP contribution < -0.4 is 10.2 Å². The van der Waals surface area contributed by atoms with Crippen molar-refractivity contribution in [2.24, 2.45) is 5.92 Å². The maximum absolute atomic E-state index is 10.7. The Balaban J connectivity index is 1.80. The number of hydrogen-bond acceptors (Lipinski definition) is 5. The SMILES string of the molecule is O=[N+]([O-])c1cnc(N2CCC3NCCC3C2)c(Cl)c1. The third-order valence-electron chi connectivity index (χ3n) is 3.97. The van der Waals surface area contributed by atoms with Gasteiger partial charge in [0.15, 0.2) is 0 Å². The van der Waals surface area contributed by atoms with Gasteiger partial charge in [-0.2, -0.15) is 0 Å². The quantitative estimate of drug-likeness (QED) is 0.662. The summed E-state index contributed by atoms with van der Waals surface area (Å²) in [5, 5.41) is 14.5. The molecule has 6 nitrogen and oxygen atoms in total. The van der Waals surface area contributed by atoms with Crippen molar-refractivity contribution >= 4 is 23.1 Å². The molecule has 7 heteroatoms.